The van der Waals surface area contributed by atoms with Crippen LogP contribution in [0.2, 0.25) is 0 Å². The number of aromatic nitrogens is 1. The SMILES string of the molecule is Cc1cc(C)c(CNCC(C)C)c(N(C)CC(F)(F)F)n1. The van der Waals surface area contributed by atoms with Gasteiger partial charge in [0.15, 0.2) is 0 Å². The minimum absolute atomic E-state index is 0.404. The molecule has 0 atom stereocenters. The average Bonchev–Trinajstić information content (AvgIpc) is 2.28. The maximum absolute atomic E-state index is 12.6. The Bertz CT molecular complexity index is 470. The Labute approximate surface area is 124 Å². The Kier molecular flexibility index (Phi) is 6.01. The summed E-state index contributed by atoms with van der Waals surface area (Å²) in [6, 6.07) is 1.90. The van der Waals surface area contributed by atoms with Crippen molar-refractivity contribution in [3.05, 3.63) is 22.9 Å². The van der Waals surface area contributed by atoms with E-state index in [1.54, 1.807) is 6.92 Å². The summed E-state index contributed by atoms with van der Waals surface area (Å²) in [6.07, 6.45) is -4.24. The molecule has 0 aliphatic heterocycles. The van der Waals surface area contributed by atoms with Crippen molar-refractivity contribution in [3.8, 4) is 0 Å². The zero-order chi connectivity index (χ0) is 16.2. The third kappa shape index (κ3) is 5.91. The standard InChI is InChI=1S/C15H24F3N3/c1-10(2)7-19-8-13-11(3)6-12(4)20-14(13)21(5)9-15(16,17)18/h6,10,19H,7-9H2,1-5H3. The van der Waals surface area contributed by atoms with Crippen molar-refractivity contribution in [1.82, 2.24) is 10.3 Å². The highest BCUT2D eigenvalue weighted by molar-refractivity contribution is 5.51. The third-order valence-electron chi connectivity index (χ3n) is 3.09. The fraction of sp³-hybridized carbons (Fsp3) is 0.667. The first kappa shape index (κ1) is 17.8. The van der Waals surface area contributed by atoms with Crippen molar-refractivity contribution < 1.29 is 13.2 Å². The number of hydrogen-bond donors (Lipinski definition) is 1. The molecule has 0 spiro atoms. The molecule has 120 valence electrons. The van der Waals surface area contributed by atoms with Gasteiger partial charge in [0, 0.05) is 24.8 Å². The normalized spacial score (nSPS) is 12.0. The topological polar surface area (TPSA) is 28.2 Å². The molecule has 0 bridgehead atoms. The lowest BCUT2D eigenvalue weighted by Crippen LogP contribution is -2.33. The Morgan fingerprint density at radius 2 is 1.90 bits per heavy atom. The average molecular weight is 303 g/mol. The van der Waals surface area contributed by atoms with Crippen LogP contribution in [0, 0.1) is 19.8 Å². The van der Waals surface area contributed by atoms with Crippen LogP contribution in [-0.4, -0.2) is 31.3 Å². The molecule has 0 aliphatic carbocycles. The summed E-state index contributed by atoms with van der Waals surface area (Å²) in [6.45, 7) is 8.22. The molecule has 0 saturated carbocycles. The molecule has 6 heteroatoms. The molecule has 1 aromatic heterocycles. The fourth-order valence-electron chi connectivity index (χ4n) is 2.21. The highest BCUT2D eigenvalue weighted by atomic mass is 19.4. The molecule has 3 nitrogen and oxygen atoms in total. The van der Waals surface area contributed by atoms with Crippen LogP contribution in [0.5, 0.6) is 0 Å². The van der Waals surface area contributed by atoms with E-state index in [2.05, 4.69) is 24.1 Å². The van der Waals surface area contributed by atoms with Crippen LogP contribution in [0.15, 0.2) is 6.07 Å². The summed E-state index contributed by atoms with van der Waals surface area (Å²) in [5.74, 6) is 0.890. The molecule has 1 N–H and O–H groups in total. The smallest absolute Gasteiger partial charge is 0.350 e. The van der Waals surface area contributed by atoms with Gasteiger partial charge < -0.3 is 10.2 Å². The molecule has 1 heterocycles. The first-order chi connectivity index (χ1) is 9.60. The van der Waals surface area contributed by atoms with Gasteiger partial charge in [0.2, 0.25) is 0 Å². The van der Waals surface area contributed by atoms with Gasteiger partial charge in [0.1, 0.15) is 12.4 Å². The van der Waals surface area contributed by atoms with Crippen LogP contribution in [0.3, 0.4) is 0 Å². The minimum Gasteiger partial charge on any atom is -0.350 e. The second-order valence-corrected chi connectivity index (χ2v) is 5.88. The van der Waals surface area contributed by atoms with Crippen LogP contribution in [0.25, 0.3) is 0 Å². The van der Waals surface area contributed by atoms with Crippen LogP contribution < -0.4 is 10.2 Å². The summed E-state index contributed by atoms with van der Waals surface area (Å²) in [7, 11) is 1.43. The number of alkyl halides is 3. The van der Waals surface area contributed by atoms with E-state index in [1.165, 1.54) is 11.9 Å². The van der Waals surface area contributed by atoms with Crippen LogP contribution in [-0.2, 0) is 6.54 Å². The van der Waals surface area contributed by atoms with Crippen LogP contribution in [0.4, 0.5) is 19.0 Å². The van der Waals surface area contributed by atoms with Gasteiger partial charge in [0.05, 0.1) is 0 Å². The molecule has 0 aromatic carbocycles. The summed E-state index contributed by atoms with van der Waals surface area (Å²) >= 11 is 0. The zero-order valence-electron chi connectivity index (χ0n) is 13.3. The van der Waals surface area contributed by atoms with Crippen molar-refractivity contribution in [3.63, 3.8) is 0 Å². The van der Waals surface area contributed by atoms with Crippen molar-refractivity contribution in [1.29, 1.82) is 0 Å². The van der Waals surface area contributed by atoms with Crippen molar-refractivity contribution in [2.75, 3.05) is 25.0 Å². The maximum Gasteiger partial charge on any atom is 0.405 e. The molecule has 0 radical (unpaired) electrons. The van der Waals surface area contributed by atoms with Gasteiger partial charge in [-0.3, -0.25) is 0 Å². The summed E-state index contributed by atoms with van der Waals surface area (Å²) < 4.78 is 37.8. The summed E-state index contributed by atoms with van der Waals surface area (Å²) in [5, 5.41) is 3.27. The Morgan fingerprint density at radius 1 is 1.29 bits per heavy atom. The summed E-state index contributed by atoms with van der Waals surface area (Å²) in [4.78, 5) is 5.47. The van der Waals surface area contributed by atoms with E-state index in [0.717, 1.165) is 23.4 Å². The molecule has 0 unspecified atom stereocenters. The summed E-state index contributed by atoms with van der Waals surface area (Å²) in [5.41, 5.74) is 2.51. The Morgan fingerprint density at radius 3 is 2.43 bits per heavy atom. The van der Waals surface area contributed by atoms with Gasteiger partial charge in [-0.15, -0.1) is 0 Å². The van der Waals surface area contributed by atoms with Crippen LogP contribution >= 0.6 is 0 Å². The van der Waals surface area contributed by atoms with E-state index >= 15 is 0 Å². The first-order valence-corrected chi connectivity index (χ1v) is 7.06. The quantitative estimate of drug-likeness (QED) is 0.872. The number of pyridine rings is 1. The van der Waals surface area contributed by atoms with Crippen molar-refractivity contribution in [2.45, 2.75) is 40.4 Å². The lowest BCUT2D eigenvalue weighted by Gasteiger charge is -2.24. The molecule has 0 amide bonds. The van der Waals surface area contributed by atoms with Gasteiger partial charge in [-0.25, -0.2) is 4.98 Å². The third-order valence-corrected chi connectivity index (χ3v) is 3.09. The highest BCUT2D eigenvalue weighted by Gasteiger charge is 2.30. The number of nitrogens with one attached hydrogen (secondary N) is 1. The second kappa shape index (κ2) is 7.11. The molecule has 21 heavy (non-hydrogen) atoms. The van der Waals surface area contributed by atoms with Crippen LogP contribution in [0.1, 0.15) is 30.7 Å². The van der Waals surface area contributed by atoms with E-state index in [9.17, 15) is 13.2 Å². The molecule has 0 aliphatic rings. The number of rotatable bonds is 6. The lowest BCUT2D eigenvalue weighted by molar-refractivity contribution is -0.119. The lowest BCUT2D eigenvalue weighted by atomic mass is 10.1. The number of anilines is 1. The van der Waals surface area contributed by atoms with E-state index in [-0.39, 0.29) is 0 Å². The van der Waals surface area contributed by atoms with E-state index in [1.807, 2.05) is 13.0 Å². The van der Waals surface area contributed by atoms with Gasteiger partial charge >= 0.3 is 6.18 Å². The fourth-order valence-corrected chi connectivity index (χ4v) is 2.21. The van der Waals surface area contributed by atoms with E-state index in [0.29, 0.717) is 18.3 Å². The first-order valence-electron chi connectivity index (χ1n) is 7.06. The van der Waals surface area contributed by atoms with Gasteiger partial charge in [-0.1, -0.05) is 13.8 Å². The second-order valence-electron chi connectivity index (χ2n) is 5.88. The number of nitrogens with zero attached hydrogens (tertiary/aromatic N) is 2. The van der Waals surface area contributed by atoms with E-state index < -0.39 is 12.7 Å². The zero-order valence-corrected chi connectivity index (χ0v) is 13.3. The predicted molar refractivity (Wildman–Crippen MR) is 79.6 cm³/mol. The highest BCUT2D eigenvalue weighted by Crippen LogP contribution is 2.25. The maximum atomic E-state index is 12.6. The largest absolute Gasteiger partial charge is 0.405 e. The van der Waals surface area contributed by atoms with Gasteiger partial charge in [-0.2, -0.15) is 13.2 Å². The van der Waals surface area contributed by atoms with Crippen molar-refractivity contribution in [2.24, 2.45) is 5.92 Å². The van der Waals surface area contributed by atoms with E-state index in [4.69, 9.17) is 0 Å². The molecule has 0 saturated heterocycles. The number of halogens is 3. The van der Waals surface area contributed by atoms with Gasteiger partial charge in [-0.05, 0) is 37.9 Å². The molecule has 1 rings (SSSR count). The molecular formula is C15H24F3N3. The molecule has 1 aromatic rings. The minimum atomic E-state index is -4.24. The van der Waals surface area contributed by atoms with Crippen molar-refractivity contribution >= 4 is 5.82 Å². The van der Waals surface area contributed by atoms with Gasteiger partial charge in [0.25, 0.3) is 0 Å². The molecular weight excluding hydrogens is 279 g/mol. The Hall–Kier alpha value is -1.30. The Balaban J connectivity index is 2.99. The molecule has 0 fully saturated rings. The monoisotopic (exact) mass is 303 g/mol. The number of hydrogen-bond acceptors (Lipinski definition) is 3. The predicted octanol–water partition coefficient (Wildman–Crippen LogP) is 3.44. The number of aryl methyl sites for hydroxylation is 2.